The molecule has 8 nitrogen and oxygen atoms in total. The molecule has 1 heterocycles. The molecule has 0 bridgehead atoms. The lowest BCUT2D eigenvalue weighted by molar-refractivity contribution is 0.124. The van der Waals surface area contributed by atoms with E-state index in [0.717, 1.165) is 16.7 Å². The van der Waals surface area contributed by atoms with Crippen LogP contribution in [0.3, 0.4) is 0 Å². The molecule has 0 spiro atoms. The van der Waals surface area contributed by atoms with Gasteiger partial charge in [0, 0.05) is 5.56 Å². The fourth-order valence-corrected chi connectivity index (χ4v) is 5.48. The molecule has 0 saturated carbocycles. The van der Waals surface area contributed by atoms with Crippen molar-refractivity contribution in [2.24, 2.45) is 4.99 Å². The zero-order chi connectivity index (χ0) is 26.0. The molecule has 0 N–H and O–H groups in total. The summed E-state index contributed by atoms with van der Waals surface area (Å²) in [4.78, 5) is 4.54. The number of hydrogen-bond donors (Lipinski definition) is 0. The highest BCUT2D eigenvalue weighted by Gasteiger charge is 2.41. The van der Waals surface area contributed by atoms with Crippen molar-refractivity contribution in [2.75, 3.05) is 19.8 Å². The average molecular weight is 530 g/mol. The Morgan fingerprint density at radius 2 is 1.25 bits per heavy atom. The average Bonchev–Trinajstić information content (AvgIpc) is 3.27. The van der Waals surface area contributed by atoms with Gasteiger partial charge in [-0.05, 0) is 57.2 Å². The standard InChI is InChI=1S/C26H27NO7S2/c1-19-7-11-23(12-8-19)35(28,29)33-17-26(16-32-25(27-26)22-6-4-5-21(3)15-22)18-34-36(30,31)24-13-9-20(2)10-14-24/h4-15H,16-18H2,1-3H3. The van der Waals surface area contributed by atoms with Crippen molar-refractivity contribution in [1.29, 1.82) is 0 Å². The SMILES string of the molecule is Cc1ccc(S(=O)(=O)OCC2(COS(=O)(=O)c3ccc(C)cc3)COC(c3cccc(C)c3)=N2)cc1. The highest BCUT2D eigenvalue weighted by Crippen LogP contribution is 2.27. The molecule has 0 fully saturated rings. The minimum atomic E-state index is -4.13. The van der Waals surface area contributed by atoms with E-state index in [1.807, 2.05) is 39.0 Å². The van der Waals surface area contributed by atoms with Crippen LogP contribution in [0.4, 0.5) is 0 Å². The number of nitrogens with zero attached hydrogens (tertiary/aromatic N) is 1. The van der Waals surface area contributed by atoms with Crippen LogP contribution >= 0.6 is 0 Å². The van der Waals surface area contributed by atoms with E-state index in [4.69, 9.17) is 13.1 Å². The predicted molar refractivity (Wildman–Crippen MR) is 135 cm³/mol. The van der Waals surface area contributed by atoms with Crippen molar-refractivity contribution in [2.45, 2.75) is 36.1 Å². The summed E-state index contributed by atoms with van der Waals surface area (Å²) in [5, 5.41) is 0. The van der Waals surface area contributed by atoms with Gasteiger partial charge in [-0.15, -0.1) is 0 Å². The lowest BCUT2D eigenvalue weighted by Gasteiger charge is -2.23. The molecule has 0 radical (unpaired) electrons. The maximum Gasteiger partial charge on any atom is 0.297 e. The van der Waals surface area contributed by atoms with Gasteiger partial charge in [0.05, 0.1) is 23.0 Å². The number of aliphatic imine (C=N–C) groups is 1. The van der Waals surface area contributed by atoms with Crippen molar-refractivity contribution in [3.05, 3.63) is 95.1 Å². The van der Waals surface area contributed by atoms with Gasteiger partial charge in [0.25, 0.3) is 20.2 Å². The Morgan fingerprint density at radius 3 is 1.72 bits per heavy atom. The molecule has 0 amide bonds. The Labute approximate surface area is 211 Å². The minimum absolute atomic E-state index is 0.0155. The third-order valence-electron chi connectivity index (χ3n) is 5.67. The zero-order valence-electron chi connectivity index (χ0n) is 20.2. The summed E-state index contributed by atoms with van der Waals surface area (Å²) in [5.74, 6) is 0.256. The highest BCUT2D eigenvalue weighted by atomic mass is 32.2. The molecule has 0 atom stereocenters. The fourth-order valence-electron chi connectivity index (χ4n) is 3.52. The van der Waals surface area contributed by atoms with E-state index in [-0.39, 0.29) is 22.3 Å². The first-order chi connectivity index (χ1) is 17.0. The van der Waals surface area contributed by atoms with Crippen LogP contribution in [-0.2, 0) is 33.3 Å². The normalized spacial score (nSPS) is 15.4. The molecule has 1 aliphatic rings. The Hall–Kier alpha value is -3.05. The van der Waals surface area contributed by atoms with Crippen LogP contribution in [0, 0.1) is 20.8 Å². The van der Waals surface area contributed by atoms with Crippen molar-refractivity contribution >= 4 is 26.1 Å². The second kappa shape index (κ2) is 10.1. The third kappa shape index (κ3) is 6.01. The Bertz CT molecular complexity index is 1400. The van der Waals surface area contributed by atoms with E-state index < -0.39 is 39.0 Å². The first-order valence-electron chi connectivity index (χ1n) is 11.2. The largest absolute Gasteiger partial charge is 0.475 e. The molecule has 0 aromatic heterocycles. The van der Waals surface area contributed by atoms with Crippen molar-refractivity contribution < 1.29 is 29.9 Å². The van der Waals surface area contributed by atoms with Crippen LogP contribution in [0.2, 0.25) is 0 Å². The molecule has 36 heavy (non-hydrogen) atoms. The van der Waals surface area contributed by atoms with E-state index in [1.54, 1.807) is 30.3 Å². The van der Waals surface area contributed by atoms with Gasteiger partial charge in [0.2, 0.25) is 5.90 Å². The number of benzene rings is 3. The van der Waals surface area contributed by atoms with Gasteiger partial charge >= 0.3 is 0 Å². The van der Waals surface area contributed by atoms with Gasteiger partial charge in [-0.2, -0.15) is 16.8 Å². The van der Waals surface area contributed by atoms with Crippen LogP contribution in [0.25, 0.3) is 0 Å². The van der Waals surface area contributed by atoms with Gasteiger partial charge in [-0.25, -0.2) is 4.99 Å². The van der Waals surface area contributed by atoms with Crippen LogP contribution in [0.15, 0.2) is 87.6 Å². The second-order valence-electron chi connectivity index (χ2n) is 8.86. The van der Waals surface area contributed by atoms with Crippen LogP contribution < -0.4 is 0 Å². The molecule has 190 valence electrons. The molecular weight excluding hydrogens is 502 g/mol. The van der Waals surface area contributed by atoms with Crippen molar-refractivity contribution in [3.8, 4) is 0 Å². The summed E-state index contributed by atoms with van der Waals surface area (Å²) < 4.78 is 67.8. The Kier molecular flexibility index (Phi) is 7.33. The summed E-state index contributed by atoms with van der Waals surface area (Å²) in [6.07, 6.45) is 0. The molecule has 1 aliphatic heterocycles. The van der Waals surface area contributed by atoms with E-state index in [9.17, 15) is 16.8 Å². The van der Waals surface area contributed by atoms with Crippen molar-refractivity contribution in [3.63, 3.8) is 0 Å². The van der Waals surface area contributed by atoms with Crippen LogP contribution in [0.5, 0.6) is 0 Å². The lowest BCUT2D eigenvalue weighted by atomic mass is 10.1. The van der Waals surface area contributed by atoms with E-state index in [2.05, 4.69) is 4.99 Å². The topological polar surface area (TPSA) is 108 Å². The molecule has 4 rings (SSSR count). The Morgan fingerprint density at radius 1 is 0.750 bits per heavy atom. The summed E-state index contributed by atoms with van der Waals surface area (Å²) >= 11 is 0. The third-order valence-corrected chi connectivity index (χ3v) is 8.22. The van der Waals surface area contributed by atoms with Gasteiger partial charge < -0.3 is 4.74 Å². The summed E-state index contributed by atoms with van der Waals surface area (Å²) in [6.45, 7) is 4.54. The first-order valence-corrected chi connectivity index (χ1v) is 14.0. The quantitative estimate of drug-likeness (QED) is 0.386. The summed E-state index contributed by atoms with van der Waals surface area (Å²) in [6, 6.07) is 19.9. The molecule has 0 unspecified atom stereocenters. The molecule has 10 heteroatoms. The highest BCUT2D eigenvalue weighted by molar-refractivity contribution is 7.87. The number of ether oxygens (including phenoxy) is 1. The van der Waals surface area contributed by atoms with Crippen LogP contribution in [0.1, 0.15) is 22.3 Å². The fraction of sp³-hybridized carbons (Fsp3) is 0.269. The van der Waals surface area contributed by atoms with Gasteiger partial charge in [0.1, 0.15) is 12.1 Å². The molecular formula is C26H27NO7S2. The van der Waals surface area contributed by atoms with Gasteiger partial charge in [0.15, 0.2) is 0 Å². The maximum absolute atomic E-state index is 12.8. The number of hydrogen-bond acceptors (Lipinski definition) is 8. The second-order valence-corrected chi connectivity index (χ2v) is 12.1. The molecule has 3 aromatic rings. The molecule has 0 aliphatic carbocycles. The minimum Gasteiger partial charge on any atom is -0.475 e. The molecule has 3 aromatic carbocycles. The number of rotatable bonds is 9. The molecule has 0 saturated heterocycles. The summed E-state index contributed by atoms with van der Waals surface area (Å²) in [7, 11) is -8.26. The first kappa shape index (κ1) is 26.0. The number of aryl methyl sites for hydroxylation is 3. The van der Waals surface area contributed by atoms with Crippen molar-refractivity contribution in [1.82, 2.24) is 0 Å². The van der Waals surface area contributed by atoms with Crippen LogP contribution in [-0.4, -0.2) is 48.1 Å². The van der Waals surface area contributed by atoms with E-state index in [1.165, 1.54) is 24.3 Å². The van der Waals surface area contributed by atoms with Gasteiger partial charge in [-0.1, -0.05) is 53.1 Å². The predicted octanol–water partition coefficient (Wildman–Crippen LogP) is 3.94. The van der Waals surface area contributed by atoms with Gasteiger partial charge in [-0.3, -0.25) is 8.37 Å². The van der Waals surface area contributed by atoms with E-state index >= 15 is 0 Å². The monoisotopic (exact) mass is 529 g/mol. The smallest absolute Gasteiger partial charge is 0.297 e. The lowest BCUT2D eigenvalue weighted by Crippen LogP contribution is -2.41. The zero-order valence-corrected chi connectivity index (χ0v) is 21.8. The van der Waals surface area contributed by atoms with E-state index in [0.29, 0.717) is 5.56 Å². The Balaban J connectivity index is 1.61. The summed E-state index contributed by atoms with van der Waals surface area (Å²) in [5.41, 5.74) is 2.05. The maximum atomic E-state index is 12.8.